The first kappa shape index (κ1) is 21.7. The average Bonchev–Trinajstić information content (AvgIpc) is 3.42. The SMILES string of the molecule is C=CCOC(=O)C1=C(C)N=C2SC=C(CC(=O)N3CCCC3)N2[C@@H]1c1ccccc1Cl. The van der Waals surface area contributed by atoms with Gasteiger partial charge in [-0.25, -0.2) is 9.79 Å². The van der Waals surface area contributed by atoms with E-state index in [0.29, 0.717) is 16.3 Å². The molecule has 1 aromatic carbocycles. The van der Waals surface area contributed by atoms with Gasteiger partial charge in [0.1, 0.15) is 6.61 Å². The first-order valence-electron chi connectivity index (χ1n) is 10.3. The van der Waals surface area contributed by atoms with E-state index in [1.165, 1.54) is 17.8 Å². The molecule has 3 aliphatic rings. The van der Waals surface area contributed by atoms with Crippen LogP contribution >= 0.6 is 23.4 Å². The van der Waals surface area contributed by atoms with Crippen molar-refractivity contribution < 1.29 is 14.3 Å². The topological polar surface area (TPSA) is 62.2 Å². The molecule has 0 N–H and O–H groups in total. The van der Waals surface area contributed by atoms with Crippen molar-refractivity contribution in [2.24, 2.45) is 4.99 Å². The summed E-state index contributed by atoms with van der Waals surface area (Å²) in [7, 11) is 0. The molecule has 31 heavy (non-hydrogen) atoms. The number of esters is 1. The van der Waals surface area contributed by atoms with Crippen molar-refractivity contribution in [2.45, 2.75) is 32.2 Å². The Morgan fingerprint density at radius 2 is 2.06 bits per heavy atom. The molecule has 0 aliphatic carbocycles. The Kier molecular flexibility index (Phi) is 6.53. The third-order valence-corrected chi connectivity index (χ3v) is 6.78. The van der Waals surface area contributed by atoms with Crippen LogP contribution in [0.3, 0.4) is 0 Å². The molecule has 1 aromatic rings. The Hall–Kier alpha value is -2.51. The molecule has 0 aromatic heterocycles. The van der Waals surface area contributed by atoms with E-state index in [-0.39, 0.29) is 18.9 Å². The molecule has 8 heteroatoms. The summed E-state index contributed by atoms with van der Waals surface area (Å²) in [5, 5.41) is 3.21. The first-order valence-corrected chi connectivity index (χ1v) is 11.5. The summed E-state index contributed by atoms with van der Waals surface area (Å²) in [5.41, 5.74) is 2.58. The van der Waals surface area contributed by atoms with Gasteiger partial charge in [-0.1, -0.05) is 54.2 Å². The number of hydrogen-bond acceptors (Lipinski definition) is 6. The number of halogens is 1. The smallest absolute Gasteiger partial charge is 0.338 e. The normalized spacial score (nSPS) is 20.4. The molecule has 1 saturated heterocycles. The Labute approximate surface area is 191 Å². The number of fused-ring (bicyclic) bond motifs is 1. The quantitative estimate of drug-likeness (QED) is 0.459. The van der Waals surface area contributed by atoms with E-state index in [2.05, 4.69) is 11.6 Å². The van der Waals surface area contributed by atoms with E-state index >= 15 is 0 Å². The van der Waals surface area contributed by atoms with E-state index in [0.717, 1.165) is 42.4 Å². The van der Waals surface area contributed by atoms with Crippen molar-refractivity contribution in [3.63, 3.8) is 0 Å². The number of nitrogens with zero attached hydrogens (tertiary/aromatic N) is 3. The largest absolute Gasteiger partial charge is 0.458 e. The fourth-order valence-corrected chi connectivity index (χ4v) is 5.27. The first-order chi connectivity index (χ1) is 15.0. The predicted octanol–water partition coefficient (Wildman–Crippen LogP) is 4.66. The summed E-state index contributed by atoms with van der Waals surface area (Å²) in [5.74, 6) is -0.377. The molecule has 0 unspecified atom stereocenters. The van der Waals surface area contributed by atoms with E-state index < -0.39 is 12.0 Å². The van der Waals surface area contributed by atoms with Crippen molar-refractivity contribution in [3.8, 4) is 0 Å². The van der Waals surface area contributed by atoms with Crippen molar-refractivity contribution in [2.75, 3.05) is 19.7 Å². The van der Waals surface area contributed by atoms with Crippen LogP contribution in [-0.2, 0) is 14.3 Å². The summed E-state index contributed by atoms with van der Waals surface area (Å²) in [4.78, 5) is 34.4. The minimum Gasteiger partial charge on any atom is -0.458 e. The zero-order valence-electron chi connectivity index (χ0n) is 17.3. The van der Waals surface area contributed by atoms with Crippen LogP contribution in [0.15, 0.2) is 64.3 Å². The van der Waals surface area contributed by atoms with Crippen LogP contribution in [0, 0.1) is 0 Å². The van der Waals surface area contributed by atoms with Gasteiger partial charge in [0.15, 0.2) is 5.17 Å². The van der Waals surface area contributed by atoms with Crippen molar-refractivity contribution in [1.82, 2.24) is 9.80 Å². The molecular formula is C23H24ClN3O3S. The minimum atomic E-state index is -0.522. The maximum atomic E-state index is 13.0. The Morgan fingerprint density at radius 3 is 2.77 bits per heavy atom. The summed E-state index contributed by atoms with van der Waals surface area (Å²) in [6, 6.07) is 6.91. The fourth-order valence-electron chi connectivity index (χ4n) is 4.07. The fraction of sp³-hybridized carbons (Fsp3) is 0.348. The van der Waals surface area contributed by atoms with Gasteiger partial charge in [-0.15, -0.1) is 0 Å². The van der Waals surface area contributed by atoms with E-state index in [9.17, 15) is 9.59 Å². The number of likely N-dealkylation sites (tertiary alicyclic amines) is 1. The molecule has 3 heterocycles. The molecule has 0 spiro atoms. The molecule has 6 nitrogen and oxygen atoms in total. The van der Waals surface area contributed by atoms with Crippen LogP contribution in [0.25, 0.3) is 0 Å². The Balaban J connectivity index is 1.72. The van der Waals surface area contributed by atoms with Crippen molar-refractivity contribution in [3.05, 3.63) is 69.9 Å². The Morgan fingerprint density at radius 1 is 1.32 bits per heavy atom. The number of amidine groups is 1. The second kappa shape index (κ2) is 9.32. The van der Waals surface area contributed by atoms with Crippen LogP contribution in [0.2, 0.25) is 5.02 Å². The number of aliphatic imine (C=N–C) groups is 1. The van der Waals surface area contributed by atoms with Gasteiger partial charge in [0.2, 0.25) is 5.91 Å². The van der Waals surface area contributed by atoms with Crippen LogP contribution in [0.5, 0.6) is 0 Å². The molecule has 3 aliphatic heterocycles. The lowest BCUT2D eigenvalue weighted by Gasteiger charge is -2.36. The standard InChI is InChI=1S/C23H24ClN3O3S/c1-3-12-30-22(29)20-15(2)25-23-27(21(20)17-8-4-5-9-18(17)24)16(14-31-23)13-19(28)26-10-6-7-11-26/h3-5,8-9,14,21H,1,6-7,10-13H2,2H3/t21-/m1/s1. The molecule has 0 saturated carbocycles. The van der Waals surface area contributed by atoms with Gasteiger partial charge in [0.05, 0.1) is 23.7 Å². The molecule has 0 bridgehead atoms. The molecule has 4 rings (SSSR count). The minimum absolute atomic E-state index is 0.0885. The highest BCUT2D eigenvalue weighted by Crippen LogP contribution is 2.46. The van der Waals surface area contributed by atoms with Crippen LogP contribution in [-0.4, -0.2) is 46.5 Å². The zero-order valence-corrected chi connectivity index (χ0v) is 18.9. The summed E-state index contributed by atoms with van der Waals surface area (Å²) >= 11 is 8.02. The number of amides is 1. The second-order valence-corrected chi connectivity index (χ2v) is 8.81. The molecule has 0 radical (unpaired) electrons. The molecular weight excluding hydrogens is 434 g/mol. The summed E-state index contributed by atoms with van der Waals surface area (Å²) < 4.78 is 5.38. The van der Waals surface area contributed by atoms with Gasteiger partial charge in [-0.2, -0.15) is 0 Å². The second-order valence-electron chi connectivity index (χ2n) is 7.57. The van der Waals surface area contributed by atoms with Gasteiger partial charge in [-0.3, -0.25) is 4.79 Å². The van der Waals surface area contributed by atoms with Gasteiger partial charge in [-0.05, 0) is 36.8 Å². The zero-order chi connectivity index (χ0) is 22.0. The van der Waals surface area contributed by atoms with E-state index in [4.69, 9.17) is 16.3 Å². The lowest BCUT2D eigenvalue weighted by atomic mass is 9.93. The number of benzene rings is 1. The summed E-state index contributed by atoms with van der Waals surface area (Å²) in [6.07, 6.45) is 3.86. The van der Waals surface area contributed by atoms with Gasteiger partial charge >= 0.3 is 5.97 Å². The average molecular weight is 458 g/mol. The highest BCUT2D eigenvalue weighted by molar-refractivity contribution is 8.16. The molecule has 162 valence electrons. The van der Waals surface area contributed by atoms with Crippen LogP contribution in [0.1, 0.15) is 37.8 Å². The third kappa shape index (κ3) is 4.29. The number of thioether (sulfide) groups is 1. The van der Waals surface area contributed by atoms with E-state index in [1.807, 2.05) is 33.4 Å². The summed E-state index contributed by atoms with van der Waals surface area (Å²) in [6.45, 7) is 7.11. The van der Waals surface area contributed by atoms with Crippen LogP contribution in [0.4, 0.5) is 0 Å². The van der Waals surface area contributed by atoms with E-state index in [1.54, 1.807) is 13.0 Å². The number of hydrogen-bond donors (Lipinski definition) is 0. The number of carbonyl (C=O) groups is 2. The van der Waals surface area contributed by atoms with Crippen molar-refractivity contribution in [1.29, 1.82) is 0 Å². The lowest BCUT2D eigenvalue weighted by Crippen LogP contribution is -2.38. The van der Waals surface area contributed by atoms with Gasteiger partial charge in [0.25, 0.3) is 0 Å². The molecule has 1 atom stereocenters. The maximum Gasteiger partial charge on any atom is 0.338 e. The maximum absolute atomic E-state index is 13.0. The highest BCUT2D eigenvalue weighted by atomic mass is 35.5. The number of carbonyl (C=O) groups excluding carboxylic acids is 2. The monoisotopic (exact) mass is 457 g/mol. The lowest BCUT2D eigenvalue weighted by molar-refractivity contribution is -0.138. The number of allylic oxidation sites excluding steroid dienone is 1. The van der Waals surface area contributed by atoms with Crippen molar-refractivity contribution >= 4 is 40.4 Å². The molecule has 1 fully saturated rings. The Bertz CT molecular complexity index is 1010. The molecule has 1 amide bonds. The predicted molar refractivity (Wildman–Crippen MR) is 123 cm³/mol. The number of rotatable bonds is 6. The van der Waals surface area contributed by atoms with Gasteiger partial charge < -0.3 is 14.5 Å². The number of ether oxygens (including phenoxy) is 1. The van der Waals surface area contributed by atoms with Crippen LogP contribution < -0.4 is 0 Å². The third-order valence-electron chi connectivity index (χ3n) is 5.54. The highest BCUT2D eigenvalue weighted by Gasteiger charge is 2.42. The van der Waals surface area contributed by atoms with Gasteiger partial charge in [0, 0.05) is 23.8 Å².